The van der Waals surface area contributed by atoms with Gasteiger partial charge in [-0.2, -0.15) is 0 Å². The van der Waals surface area contributed by atoms with E-state index in [1.165, 1.54) is 10.8 Å². The molecule has 0 radical (unpaired) electrons. The van der Waals surface area contributed by atoms with Gasteiger partial charge in [-0.05, 0) is 28.3 Å². The molecule has 1 rings (SSSR count). The maximum Gasteiger partial charge on any atom is 0.115 e. The van der Waals surface area contributed by atoms with Gasteiger partial charge in [-0.25, -0.2) is 0 Å². The molecule has 0 bridgehead atoms. The molecule has 0 aliphatic rings. The molecule has 0 atom stereocenters. The Hall–Kier alpha value is -0.283. The minimum absolute atomic E-state index is 0.0488. The van der Waals surface area contributed by atoms with Crippen LogP contribution in [0.4, 0.5) is 0 Å². The van der Waals surface area contributed by atoms with E-state index in [1.54, 1.807) is 6.07 Å². The Morgan fingerprint density at radius 1 is 1.12 bits per heavy atom. The van der Waals surface area contributed by atoms with Gasteiger partial charge in [0.25, 0.3) is 0 Å². The summed E-state index contributed by atoms with van der Waals surface area (Å²) in [6.45, 7) is 13.4. The molecule has 3 heteroatoms. The molecular formula is C13H21BrOSi. The van der Waals surface area contributed by atoms with E-state index in [0.717, 1.165) is 4.47 Å². The molecule has 0 aliphatic carbocycles. The summed E-state index contributed by atoms with van der Waals surface area (Å²) in [5.74, 6) is 0.451. The van der Waals surface area contributed by atoms with Crippen LogP contribution >= 0.6 is 15.9 Å². The summed E-state index contributed by atoms with van der Waals surface area (Å²) in [7, 11) is -1.54. The van der Waals surface area contributed by atoms with E-state index in [4.69, 9.17) is 0 Å². The first-order valence-corrected chi connectivity index (χ1v) is 9.87. The second-order valence-corrected chi connectivity index (χ2v) is 12.2. The van der Waals surface area contributed by atoms with Gasteiger partial charge in [-0.1, -0.05) is 56.3 Å². The zero-order valence-electron chi connectivity index (χ0n) is 11.0. The Bertz CT molecular complexity index is 361. The third-order valence-corrected chi connectivity index (χ3v) is 5.30. The fourth-order valence-electron chi connectivity index (χ4n) is 2.06. The monoisotopic (exact) mass is 300 g/mol. The Morgan fingerprint density at radius 2 is 1.62 bits per heavy atom. The average molecular weight is 301 g/mol. The first kappa shape index (κ1) is 13.8. The van der Waals surface area contributed by atoms with E-state index in [-0.39, 0.29) is 5.41 Å². The van der Waals surface area contributed by atoms with Crippen molar-refractivity contribution in [2.45, 2.75) is 45.8 Å². The van der Waals surface area contributed by atoms with Crippen LogP contribution in [0.2, 0.25) is 19.6 Å². The summed E-state index contributed by atoms with van der Waals surface area (Å²) in [4.78, 5) is 0. The SMILES string of the molecule is CC(C)(C)c1c(Br)ccc(O)c1[Si](C)(C)C. The highest BCUT2D eigenvalue weighted by molar-refractivity contribution is 9.10. The standard InChI is InChI=1S/C13H21BrOSi/c1-13(2,3)11-9(14)7-8-10(15)12(11)16(4,5)6/h7-8,15H,1-6H3. The summed E-state index contributed by atoms with van der Waals surface area (Å²) in [5.41, 5.74) is 1.30. The zero-order valence-corrected chi connectivity index (χ0v) is 13.6. The van der Waals surface area contributed by atoms with Gasteiger partial charge in [0.15, 0.2) is 0 Å². The van der Waals surface area contributed by atoms with Crippen LogP contribution in [0.1, 0.15) is 26.3 Å². The summed E-state index contributed by atoms with van der Waals surface area (Å²) in [6.07, 6.45) is 0. The number of phenolic OH excluding ortho intramolecular Hbond substituents is 1. The van der Waals surface area contributed by atoms with Crippen molar-refractivity contribution in [3.63, 3.8) is 0 Å². The molecule has 0 heterocycles. The lowest BCUT2D eigenvalue weighted by molar-refractivity contribution is 0.475. The smallest absolute Gasteiger partial charge is 0.115 e. The number of aromatic hydroxyl groups is 1. The van der Waals surface area contributed by atoms with E-state index in [9.17, 15) is 5.11 Å². The zero-order chi connectivity index (χ0) is 12.7. The third kappa shape index (κ3) is 2.69. The predicted octanol–water partition coefficient (Wildman–Crippen LogP) is 4.00. The van der Waals surface area contributed by atoms with Crippen LogP contribution in [0.3, 0.4) is 0 Å². The first-order chi connectivity index (χ1) is 7.05. The first-order valence-electron chi connectivity index (χ1n) is 5.57. The molecule has 1 aromatic rings. The lowest BCUT2D eigenvalue weighted by Gasteiger charge is -2.30. The highest BCUT2D eigenvalue weighted by Crippen LogP contribution is 2.32. The van der Waals surface area contributed by atoms with E-state index in [2.05, 4.69) is 56.3 Å². The Balaban J connectivity index is 3.64. The van der Waals surface area contributed by atoms with Gasteiger partial charge >= 0.3 is 0 Å². The van der Waals surface area contributed by atoms with Crippen LogP contribution in [0.25, 0.3) is 0 Å². The average Bonchev–Trinajstić information content (AvgIpc) is 2.04. The molecule has 90 valence electrons. The van der Waals surface area contributed by atoms with Crippen LogP contribution in [-0.4, -0.2) is 13.2 Å². The fraction of sp³-hybridized carbons (Fsp3) is 0.538. The van der Waals surface area contributed by atoms with Crippen molar-refractivity contribution in [1.29, 1.82) is 0 Å². The molecular weight excluding hydrogens is 280 g/mol. The molecule has 16 heavy (non-hydrogen) atoms. The lowest BCUT2D eigenvalue weighted by atomic mass is 9.87. The fourth-order valence-corrected chi connectivity index (χ4v) is 5.28. The maximum atomic E-state index is 10.1. The second kappa shape index (κ2) is 4.19. The number of rotatable bonds is 1. The normalized spacial score (nSPS) is 12.9. The largest absolute Gasteiger partial charge is 0.508 e. The molecule has 0 aliphatic heterocycles. The van der Waals surface area contributed by atoms with Gasteiger partial charge in [0.1, 0.15) is 5.75 Å². The molecule has 0 amide bonds. The van der Waals surface area contributed by atoms with Crippen molar-refractivity contribution in [1.82, 2.24) is 0 Å². The quantitative estimate of drug-likeness (QED) is 0.777. The Labute approximate surface area is 108 Å². The molecule has 1 aromatic carbocycles. The van der Waals surface area contributed by atoms with Crippen molar-refractivity contribution in [2.24, 2.45) is 0 Å². The van der Waals surface area contributed by atoms with Crippen molar-refractivity contribution >= 4 is 29.2 Å². The molecule has 0 saturated carbocycles. The molecule has 0 spiro atoms. The highest BCUT2D eigenvalue weighted by atomic mass is 79.9. The lowest BCUT2D eigenvalue weighted by Crippen LogP contribution is -2.43. The van der Waals surface area contributed by atoms with Crippen LogP contribution in [0, 0.1) is 0 Å². The van der Waals surface area contributed by atoms with Crippen molar-refractivity contribution in [2.75, 3.05) is 0 Å². The molecule has 1 N–H and O–H groups in total. The van der Waals surface area contributed by atoms with Gasteiger partial charge in [0.05, 0.1) is 8.07 Å². The molecule has 0 saturated heterocycles. The number of hydrogen-bond donors (Lipinski definition) is 1. The van der Waals surface area contributed by atoms with Crippen molar-refractivity contribution < 1.29 is 5.11 Å². The van der Waals surface area contributed by atoms with Gasteiger partial charge in [-0.15, -0.1) is 0 Å². The summed E-state index contributed by atoms with van der Waals surface area (Å²) in [5, 5.41) is 11.3. The Morgan fingerprint density at radius 3 is 1.94 bits per heavy atom. The predicted molar refractivity (Wildman–Crippen MR) is 77.5 cm³/mol. The minimum atomic E-state index is -1.54. The van der Waals surface area contributed by atoms with Gasteiger partial charge in [-0.3, -0.25) is 0 Å². The van der Waals surface area contributed by atoms with Crippen LogP contribution < -0.4 is 5.19 Å². The van der Waals surface area contributed by atoms with E-state index < -0.39 is 8.07 Å². The number of halogens is 1. The maximum absolute atomic E-state index is 10.1. The van der Waals surface area contributed by atoms with Gasteiger partial charge in [0.2, 0.25) is 0 Å². The highest BCUT2D eigenvalue weighted by Gasteiger charge is 2.30. The number of phenols is 1. The van der Waals surface area contributed by atoms with E-state index in [0.29, 0.717) is 5.75 Å². The van der Waals surface area contributed by atoms with E-state index in [1.807, 2.05) is 6.07 Å². The summed E-state index contributed by atoms with van der Waals surface area (Å²) < 4.78 is 1.11. The summed E-state index contributed by atoms with van der Waals surface area (Å²) >= 11 is 3.62. The minimum Gasteiger partial charge on any atom is -0.508 e. The number of benzene rings is 1. The van der Waals surface area contributed by atoms with Gasteiger partial charge < -0.3 is 5.11 Å². The molecule has 1 nitrogen and oxygen atoms in total. The number of hydrogen-bond acceptors (Lipinski definition) is 1. The van der Waals surface area contributed by atoms with Crippen LogP contribution in [0.15, 0.2) is 16.6 Å². The van der Waals surface area contributed by atoms with Gasteiger partial charge in [0, 0.05) is 4.47 Å². The second-order valence-electron chi connectivity index (χ2n) is 6.32. The molecule has 0 aromatic heterocycles. The van der Waals surface area contributed by atoms with Crippen molar-refractivity contribution in [3.05, 3.63) is 22.2 Å². The Kier molecular flexibility index (Phi) is 3.61. The topological polar surface area (TPSA) is 20.2 Å². The molecule has 0 fully saturated rings. The third-order valence-electron chi connectivity index (χ3n) is 2.63. The summed E-state index contributed by atoms with van der Waals surface area (Å²) in [6, 6.07) is 3.74. The van der Waals surface area contributed by atoms with Crippen LogP contribution in [0.5, 0.6) is 5.75 Å². The molecule has 0 unspecified atom stereocenters. The van der Waals surface area contributed by atoms with Crippen LogP contribution in [-0.2, 0) is 5.41 Å². The van der Waals surface area contributed by atoms with E-state index >= 15 is 0 Å². The van der Waals surface area contributed by atoms with Crippen molar-refractivity contribution in [3.8, 4) is 5.75 Å².